The number of hydrogen-bond donors (Lipinski definition) is 5. The van der Waals surface area contributed by atoms with Crippen molar-refractivity contribution in [3.05, 3.63) is 47.5 Å². The van der Waals surface area contributed by atoms with E-state index in [1.807, 2.05) is 0 Å². The molecule has 2 rings (SSSR count). The van der Waals surface area contributed by atoms with E-state index in [9.17, 15) is 30.0 Å². The summed E-state index contributed by atoms with van der Waals surface area (Å²) in [6.07, 6.45) is 11.5. The lowest BCUT2D eigenvalue weighted by atomic mass is 10.1. The van der Waals surface area contributed by atoms with Gasteiger partial charge in [0.1, 0.15) is 6.04 Å². The van der Waals surface area contributed by atoms with E-state index in [0.717, 1.165) is 56.9 Å². The van der Waals surface area contributed by atoms with E-state index in [1.54, 1.807) is 12.1 Å². The molecule has 0 saturated carbocycles. The Hall–Kier alpha value is -3.46. The van der Waals surface area contributed by atoms with E-state index < -0.39 is 12.0 Å². The van der Waals surface area contributed by atoms with Gasteiger partial charge in [0.2, 0.25) is 0 Å². The van der Waals surface area contributed by atoms with Gasteiger partial charge in [0.05, 0.1) is 13.2 Å². The summed E-state index contributed by atoms with van der Waals surface area (Å²) in [5.41, 5.74) is 7.31. The summed E-state index contributed by atoms with van der Waals surface area (Å²) in [5.74, 6) is -1.54. The van der Waals surface area contributed by atoms with Crippen LogP contribution < -0.4 is 5.73 Å². The lowest BCUT2D eigenvalue weighted by Crippen LogP contribution is -2.34. The van der Waals surface area contributed by atoms with Crippen LogP contribution in [-0.4, -0.2) is 51.6 Å². The van der Waals surface area contributed by atoms with Crippen LogP contribution in [0.2, 0.25) is 0 Å². The second kappa shape index (κ2) is 17.9. The first kappa shape index (κ1) is 31.8. The predicted octanol–water partition coefficient (Wildman–Crippen LogP) is 5.00. The maximum Gasteiger partial charge on any atom is 0.323 e. The fourth-order valence-corrected chi connectivity index (χ4v) is 4.16. The van der Waals surface area contributed by atoms with Crippen molar-refractivity contribution >= 4 is 11.9 Å². The first-order valence-corrected chi connectivity index (χ1v) is 13.9. The zero-order valence-electron chi connectivity index (χ0n) is 22.6. The standard InChI is InChI=1S/C30H43NO8/c31-24(19-23-12-15-26(33)28(35)21-23)30(37)39-18-10-8-6-4-2-1-3-5-7-9-17-38-29(36)16-13-22-11-14-25(32)27(34)20-22/h11-12,14-15,20-21,24,32-35H,1-10,13,16-19,31H2. The summed E-state index contributed by atoms with van der Waals surface area (Å²) in [6.45, 7) is 0.772. The fraction of sp³-hybridized carbons (Fsp3) is 0.533. The number of ether oxygens (including phenoxy) is 2. The van der Waals surface area contributed by atoms with Gasteiger partial charge in [-0.05, 0) is 61.1 Å². The SMILES string of the molecule is NC(Cc1ccc(O)c(O)c1)C(=O)OCCCCCCCCCCCCOC(=O)CCc1ccc(O)c(O)c1. The van der Waals surface area contributed by atoms with Crippen molar-refractivity contribution in [1.82, 2.24) is 0 Å². The highest BCUT2D eigenvalue weighted by atomic mass is 16.5. The molecule has 0 amide bonds. The average molecular weight is 546 g/mol. The molecule has 0 aliphatic rings. The van der Waals surface area contributed by atoms with Crippen LogP contribution in [-0.2, 0) is 31.9 Å². The van der Waals surface area contributed by atoms with Crippen LogP contribution in [0.4, 0.5) is 0 Å². The summed E-state index contributed by atoms with van der Waals surface area (Å²) in [7, 11) is 0. The zero-order valence-corrected chi connectivity index (χ0v) is 22.6. The third kappa shape index (κ3) is 13.2. The second-order valence-electron chi connectivity index (χ2n) is 9.88. The number of phenols is 4. The monoisotopic (exact) mass is 545 g/mol. The third-order valence-corrected chi connectivity index (χ3v) is 6.50. The molecular weight excluding hydrogens is 502 g/mol. The normalized spacial score (nSPS) is 11.7. The van der Waals surface area contributed by atoms with Gasteiger partial charge in [0, 0.05) is 6.42 Å². The van der Waals surface area contributed by atoms with Crippen molar-refractivity contribution in [3.8, 4) is 23.0 Å². The highest BCUT2D eigenvalue weighted by Crippen LogP contribution is 2.26. The molecule has 0 fully saturated rings. The molecule has 0 heterocycles. The maximum absolute atomic E-state index is 12.0. The number of unbranched alkanes of at least 4 members (excludes halogenated alkanes) is 9. The highest BCUT2D eigenvalue weighted by molar-refractivity contribution is 5.76. The van der Waals surface area contributed by atoms with Gasteiger partial charge < -0.3 is 35.6 Å². The number of aryl methyl sites for hydroxylation is 1. The first-order chi connectivity index (χ1) is 18.8. The van der Waals surface area contributed by atoms with Gasteiger partial charge in [-0.25, -0.2) is 0 Å². The maximum atomic E-state index is 12.0. The molecule has 0 aliphatic heterocycles. The lowest BCUT2D eigenvalue weighted by molar-refractivity contribution is -0.145. The summed E-state index contributed by atoms with van der Waals surface area (Å²) in [4.78, 5) is 23.9. The Morgan fingerprint density at radius 3 is 1.64 bits per heavy atom. The van der Waals surface area contributed by atoms with Gasteiger partial charge in [-0.15, -0.1) is 0 Å². The van der Waals surface area contributed by atoms with Gasteiger partial charge in [-0.2, -0.15) is 0 Å². The Labute approximate surface area is 230 Å². The molecule has 0 radical (unpaired) electrons. The first-order valence-electron chi connectivity index (χ1n) is 13.9. The molecular formula is C30H43NO8. The summed E-state index contributed by atoms with van der Waals surface area (Å²) < 4.78 is 10.5. The van der Waals surface area contributed by atoms with Crippen LogP contribution in [0, 0.1) is 0 Å². The molecule has 9 nitrogen and oxygen atoms in total. The number of phenolic OH excluding ortho intramolecular Hbond substituents is 4. The van der Waals surface area contributed by atoms with Crippen molar-refractivity contribution in [2.75, 3.05) is 13.2 Å². The molecule has 2 aromatic rings. The van der Waals surface area contributed by atoms with E-state index in [0.29, 0.717) is 25.2 Å². The average Bonchev–Trinajstić information content (AvgIpc) is 2.91. The molecule has 1 atom stereocenters. The largest absolute Gasteiger partial charge is 0.504 e. The smallest absolute Gasteiger partial charge is 0.323 e. The zero-order chi connectivity index (χ0) is 28.5. The van der Waals surface area contributed by atoms with Gasteiger partial charge in [0.15, 0.2) is 23.0 Å². The Bertz CT molecular complexity index is 1030. The number of aromatic hydroxyl groups is 4. The minimum atomic E-state index is -0.811. The number of esters is 2. The number of rotatable bonds is 19. The Kier molecular flexibility index (Phi) is 14.6. The molecule has 0 aliphatic carbocycles. The molecule has 0 spiro atoms. The van der Waals surface area contributed by atoms with Crippen molar-refractivity contribution in [1.29, 1.82) is 0 Å². The van der Waals surface area contributed by atoms with Crippen LogP contribution in [0.3, 0.4) is 0 Å². The Balaban J connectivity index is 1.35. The van der Waals surface area contributed by atoms with E-state index in [4.69, 9.17) is 15.2 Å². The minimum Gasteiger partial charge on any atom is -0.504 e. The van der Waals surface area contributed by atoms with Gasteiger partial charge >= 0.3 is 11.9 Å². The third-order valence-electron chi connectivity index (χ3n) is 6.50. The van der Waals surface area contributed by atoms with Crippen LogP contribution in [0.25, 0.3) is 0 Å². The van der Waals surface area contributed by atoms with Gasteiger partial charge in [-0.3, -0.25) is 9.59 Å². The summed E-state index contributed by atoms with van der Waals surface area (Å²) in [6, 6.07) is 8.08. The van der Waals surface area contributed by atoms with Gasteiger partial charge in [-0.1, -0.05) is 63.5 Å². The number of carbonyl (C=O) groups excluding carboxylic acids is 2. The quantitative estimate of drug-likeness (QED) is 0.0930. The number of carbonyl (C=O) groups is 2. The topological polar surface area (TPSA) is 160 Å². The van der Waals surface area contributed by atoms with Gasteiger partial charge in [0.25, 0.3) is 0 Å². The van der Waals surface area contributed by atoms with E-state index in [1.165, 1.54) is 37.1 Å². The molecule has 39 heavy (non-hydrogen) atoms. The van der Waals surface area contributed by atoms with Crippen molar-refractivity contribution in [2.24, 2.45) is 5.73 Å². The number of hydrogen-bond acceptors (Lipinski definition) is 9. The molecule has 216 valence electrons. The molecule has 0 aromatic heterocycles. The Morgan fingerprint density at radius 1 is 0.641 bits per heavy atom. The second-order valence-corrected chi connectivity index (χ2v) is 9.88. The molecule has 9 heteroatoms. The predicted molar refractivity (Wildman–Crippen MR) is 148 cm³/mol. The van der Waals surface area contributed by atoms with E-state index in [-0.39, 0.29) is 41.8 Å². The van der Waals surface area contributed by atoms with Crippen molar-refractivity contribution < 1.29 is 39.5 Å². The van der Waals surface area contributed by atoms with Crippen molar-refractivity contribution in [3.63, 3.8) is 0 Å². The van der Waals surface area contributed by atoms with Crippen LogP contribution in [0.15, 0.2) is 36.4 Å². The molecule has 0 bridgehead atoms. The van der Waals surface area contributed by atoms with Crippen LogP contribution >= 0.6 is 0 Å². The lowest BCUT2D eigenvalue weighted by Gasteiger charge is -2.12. The number of benzene rings is 2. The summed E-state index contributed by atoms with van der Waals surface area (Å²) >= 11 is 0. The minimum absolute atomic E-state index is 0.174. The van der Waals surface area contributed by atoms with E-state index >= 15 is 0 Å². The van der Waals surface area contributed by atoms with Crippen LogP contribution in [0.1, 0.15) is 81.8 Å². The van der Waals surface area contributed by atoms with Crippen molar-refractivity contribution in [2.45, 2.75) is 89.5 Å². The molecule has 1 unspecified atom stereocenters. The van der Waals surface area contributed by atoms with E-state index in [2.05, 4.69) is 0 Å². The molecule has 2 aromatic carbocycles. The highest BCUT2D eigenvalue weighted by Gasteiger charge is 2.16. The molecule has 0 saturated heterocycles. The summed E-state index contributed by atoms with van der Waals surface area (Å²) in [5, 5.41) is 37.7. The molecule has 6 N–H and O–H groups in total. The van der Waals surface area contributed by atoms with Crippen LogP contribution in [0.5, 0.6) is 23.0 Å². The fourth-order valence-electron chi connectivity index (χ4n) is 4.16. The number of nitrogens with two attached hydrogens (primary N) is 1. The Morgan fingerprint density at radius 2 is 1.10 bits per heavy atom.